The summed E-state index contributed by atoms with van der Waals surface area (Å²) in [6, 6.07) is 1.80. The van der Waals surface area contributed by atoms with Crippen LogP contribution in [0, 0.1) is 5.92 Å². The van der Waals surface area contributed by atoms with Gasteiger partial charge in [0.05, 0.1) is 20.7 Å². The van der Waals surface area contributed by atoms with E-state index in [1.54, 1.807) is 18.0 Å². The average Bonchev–Trinajstić information content (AvgIpc) is 2.65. The third-order valence-electron chi connectivity index (χ3n) is 2.49. The molecule has 0 atom stereocenters. The predicted molar refractivity (Wildman–Crippen MR) is 89.4 cm³/mol. The van der Waals surface area contributed by atoms with E-state index in [1.165, 1.54) is 11.3 Å². The van der Waals surface area contributed by atoms with Crippen LogP contribution in [0.3, 0.4) is 0 Å². The summed E-state index contributed by atoms with van der Waals surface area (Å²) in [5.74, 6) is 0.363. The molecule has 0 saturated heterocycles. The molecule has 0 unspecified atom stereocenters. The highest BCUT2D eigenvalue weighted by molar-refractivity contribution is 9.12. The zero-order valence-corrected chi connectivity index (χ0v) is 15.7. The molecule has 1 heterocycles. The van der Waals surface area contributed by atoms with Crippen molar-refractivity contribution >= 4 is 54.9 Å². The van der Waals surface area contributed by atoms with Crippen molar-refractivity contribution < 1.29 is 9.59 Å². The smallest absolute Gasteiger partial charge is 0.234 e. The molecule has 0 aromatic carbocycles. The van der Waals surface area contributed by atoms with Crippen molar-refractivity contribution in [2.45, 2.75) is 13.8 Å². The Hall–Kier alpha value is -0.240. The SMILES string of the molecule is CC(C)CNC(=O)CN(C)CC(=O)c1cc(Br)sc1Br. The third-order valence-corrected chi connectivity index (χ3v) is 4.83. The van der Waals surface area contributed by atoms with E-state index in [9.17, 15) is 9.59 Å². The maximum Gasteiger partial charge on any atom is 0.234 e. The lowest BCUT2D eigenvalue weighted by Gasteiger charge is -2.16. The van der Waals surface area contributed by atoms with E-state index < -0.39 is 0 Å². The van der Waals surface area contributed by atoms with Gasteiger partial charge in [0.1, 0.15) is 0 Å². The fraction of sp³-hybridized carbons (Fsp3) is 0.538. The van der Waals surface area contributed by atoms with Gasteiger partial charge in [0, 0.05) is 12.1 Å². The molecule has 1 N–H and O–H groups in total. The number of carbonyl (C=O) groups is 2. The molecular weight excluding hydrogens is 408 g/mol. The summed E-state index contributed by atoms with van der Waals surface area (Å²) < 4.78 is 1.72. The van der Waals surface area contributed by atoms with E-state index in [4.69, 9.17) is 0 Å². The quantitative estimate of drug-likeness (QED) is 0.682. The van der Waals surface area contributed by atoms with Crippen molar-refractivity contribution in [3.05, 3.63) is 19.2 Å². The first kappa shape index (κ1) is 17.8. The highest BCUT2D eigenvalue weighted by atomic mass is 79.9. The topological polar surface area (TPSA) is 49.4 Å². The number of halogens is 2. The van der Waals surface area contributed by atoms with Crippen LogP contribution in [0.5, 0.6) is 0 Å². The Morgan fingerprint density at radius 2 is 2.00 bits per heavy atom. The van der Waals surface area contributed by atoms with Gasteiger partial charge in [0.15, 0.2) is 5.78 Å². The van der Waals surface area contributed by atoms with Crippen LogP contribution in [0.25, 0.3) is 0 Å². The van der Waals surface area contributed by atoms with E-state index >= 15 is 0 Å². The maximum atomic E-state index is 12.1. The van der Waals surface area contributed by atoms with Crippen molar-refractivity contribution in [1.29, 1.82) is 0 Å². The van der Waals surface area contributed by atoms with E-state index in [1.807, 2.05) is 13.8 Å². The van der Waals surface area contributed by atoms with Crippen LogP contribution in [0.1, 0.15) is 24.2 Å². The summed E-state index contributed by atoms with van der Waals surface area (Å²) in [7, 11) is 1.77. The van der Waals surface area contributed by atoms with Crippen molar-refractivity contribution in [2.75, 3.05) is 26.7 Å². The van der Waals surface area contributed by atoms with Crippen molar-refractivity contribution in [3.63, 3.8) is 0 Å². The minimum absolute atomic E-state index is 0.00187. The van der Waals surface area contributed by atoms with Gasteiger partial charge in [-0.25, -0.2) is 0 Å². The van der Waals surface area contributed by atoms with Gasteiger partial charge in [0.25, 0.3) is 0 Å². The molecule has 0 aliphatic carbocycles. The molecule has 0 aliphatic heterocycles. The number of likely N-dealkylation sites (N-methyl/N-ethyl adjacent to an activating group) is 1. The van der Waals surface area contributed by atoms with Gasteiger partial charge in [-0.3, -0.25) is 14.5 Å². The number of hydrogen-bond acceptors (Lipinski definition) is 4. The Morgan fingerprint density at radius 1 is 1.35 bits per heavy atom. The number of carbonyl (C=O) groups excluding carboxylic acids is 2. The van der Waals surface area contributed by atoms with Crippen LogP contribution in [-0.4, -0.2) is 43.3 Å². The van der Waals surface area contributed by atoms with E-state index in [-0.39, 0.29) is 24.8 Å². The fourth-order valence-electron chi connectivity index (χ4n) is 1.54. The molecule has 0 bridgehead atoms. The first-order valence-electron chi connectivity index (χ1n) is 6.23. The van der Waals surface area contributed by atoms with Gasteiger partial charge in [-0.15, -0.1) is 11.3 Å². The normalized spacial score (nSPS) is 11.2. The van der Waals surface area contributed by atoms with Crippen LogP contribution in [-0.2, 0) is 4.79 Å². The lowest BCUT2D eigenvalue weighted by Crippen LogP contribution is -2.38. The molecule has 0 aliphatic rings. The molecule has 1 rings (SSSR count). The fourth-order valence-corrected chi connectivity index (χ4v) is 4.39. The monoisotopic (exact) mass is 424 g/mol. The zero-order chi connectivity index (χ0) is 15.3. The molecule has 112 valence electrons. The molecule has 4 nitrogen and oxygen atoms in total. The van der Waals surface area contributed by atoms with Gasteiger partial charge in [-0.2, -0.15) is 0 Å². The number of amides is 1. The molecular formula is C13H18Br2N2O2S. The molecule has 0 radical (unpaired) electrons. The van der Waals surface area contributed by atoms with Crippen LogP contribution >= 0.6 is 43.2 Å². The number of hydrogen-bond donors (Lipinski definition) is 1. The average molecular weight is 426 g/mol. The van der Waals surface area contributed by atoms with Crippen molar-refractivity contribution in [1.82, 2.24) is 10.2 Å². The van der Waals surface area contributed by atoms with Crippen molar-refractivity contribution in [3.8, 4) is 0 Å². The number of Topliss-reactive ketones (excluding diaryl/α,β-unsaturated/α-hetero) is 1. The van der Waals surface area contributed by atoms with E-state index in [0.29, 0.717) is 18.0 Å². The van der Waals surface area contributed by atoms with Gasteiger partial charge in [-0.1, -0.05) is 13.8 Å². The van der Waals surface area contributed by atoms with Crippen LogP contribution in [0.2, 0.25) is 0 Å². The minimum atomic E-state index is -0.0560. The predicted octanol–water partition coefficient (Wildman–Crippen LogP) is 3.16. The van der Waals surface area contributed by atoms with Crippen LogP contribution in [0.4, 0.5) is 0 Å². The molecule has 20 heavy (non-hydrogen) atoms. The summed E-state index contributed by atoms with van der Waals surface area (Å²) in [5, 5.41) is 2.83. The van der Waals surface area contributed by atoms with E-state index in [0.717, 1.165) is 7.57 Å². The highest BCUT2D eigenvalue weighted by Crippen LogP contribution is 2.32. The first-order chi connectivity index (χ1) is 9.29. The second-order valence-electron chi connectivity index (χ2n) is 5.03. The Balaban J connectivity index is 2.46. The number of nitrogens with one attached hydrogen (secondary N) is 1. The van der Waals surface area contributed by atoms with Crippen molar-refractivity contribution in [2.24, 2.45) is 5.92 Å². The second-order valence-corrected chi connectivity index (χ2v) is 8.78. The standard InChI is InChI=1S/C13H18Br2N2O2S/c1-8(2)5-16-12(19)7-17(3)6-10(18)9-4-11(14)20-13(9)15/h4,8H,5-7H2,1-3H3,(H,16,19). The van der Waals surface area contributed by atoms with Gasteiger partial charge in [-0.05, 0) is 50.9 Å². The Morgan fingerprint density at radius 3 is 2.50 bits per heavy atom. The molecule has 7 heteroatoms. The first-order valence-corrected chi connectivity index (χ1v) is 8.63. The lowest BCUT2D eigenvalue weighted by atomic mass is 10.2. The molecule has 0 saturated carbocycles. The molecule has 0 fully saturated rings. The number of ketones is 1. The van der Waals surface area contributed by atoms with Crippen LogP contribution in [0.15, 0.2) is 13.6 Å². The number of thiophene rings is 1. The summed E-state index contributed by atoms with van der Waals surface area (Å²) in [4.78, 5) is 25.5. The third kappa shape index (κ3) is 6.03. The Kier molecular flexibility index (Phi) is 7.36. The van der Waals surface area contributed by atoms with Crippen LogP contribution < -0.4 is 5.32 Å². The molecule has 1 amide bonds. The number of rotatable bonds is 7. The Labute approximate surface area is 140 Å². The van der Waals surface area contributed by atoms with Gasteiger partial charge < -0.3 is 5.32 Å². The summed E-state index contributed by atoms with van der Waals surface area (Å²) in [6.45, 7) is 5.18. The zero-order valence-electron chi connectivity index (χ0n) is 11.7. The number of nitrogens with zero attached hydrogens (tertiary/aromatic N) is 1. The summed E-state index contributed by atoms with van der Waals surface area (Å²) >= 11 is 8.18. The summed E-state index contributed by atoms with van der Waals surface area (Å²) in [5.41, 5.74) is 0.649. The Bertz CT molecular complexity index is 489. The second kappa shape index (κ2) is 8.26. The molecule has 1 aromatic rings. The summed E-state index contributed by atoms with van der Waals surface area (Å²) in [6.07, 6.45) is 0. The highest BCUT2D eigenvalue weighted by Gasteiger charge is 2.16. The van der Waals surface area contributed by atoms with Gasteiger partial charge in [0.2, 0.25) is 5.91 Å². The lowest BCUT2D eigenvalue weighted by molar-refractivity contribution is -0.121. The largest absolute Gasteiger partial charge is 0.355 e. The molecule has 0 spiro atoms. The molecule has 1 aromatic heterocycles. The maximum absolute atomic E-state index is 12.1. The minimum Gasteiger partial charge on any atom is -0.355 e. The van der Waals surface area contributed by atoms with Gasteiger partial charge >= 0.3 is 0 Å². The van der Waals surface area contributed by atoms with E-state index in [2.05, 4.69) is 37.2 Å².